The summed E-state index contributed by atoms with van der Waals surface area (Å²) < 4.78 is 10.5. The van der Waals surface area contributed by atoms with Crippen LogP contribution in [0, 0.1) is 0 Å². The molecule has 2 N–H and O–H groups in total. The van der Waals surface area contributed by atoms with E-state index in [-0.39, 0.29) is 11.9 Å². The maximum atomic E-state index is 11.7. The second-order valence-corrected chi connectivity index (χ2v) is 5.46. The first kappa shape index (κ1) is 16.9. The number of ether oxygens (including phenoxy) is 2. The molecule has 0 spiro atoms. The number of hydrogen-bond acceptors (Lipinski definition) is 6. The van der Waals surface area contributed by atoms with E-state index in [0.717, 1.165) is 11.3 Å². The monoisotopic (exact) mass is 334 g/mol. The van der Waals surface area contributed by atoms with Crippen LogP contribution in [0.2, 0.25) is 0 Å². The summed E-state index contributed by atoms with van der Waals surface area (Å²) in [5, 5.41) is 9.42. The smallest absolute Gasteiger partial charge is 0.249 e. The molecule has 7 nitrogen and oxygen atoms in total. The number of methoxy groups -OCH3 is 2. The Hall–Kier alpha value is -2.48. The van der Waals surface area contributed by atoms with Crippen LogP contribution in [0.15, 0.2) is 30.9 Å². The molecule has 122 valence electrons. The molecule has 23 heavy (non-hydrogen) atoms. The molecule has 8 heteroatoms. The molecule has 0 aliphatic carbocycles. The Bertz CT molecular complexity index is 687. The Morgan fingerprint density at radius 2 is 2.26 bits per heavy atom. The molecule has 0 saturated carbocycles. The van der Waals surface area contributed by atoms with Crippen molar-refractivity contribution in [2.45, 2.75) is 0 Å². The van der Waals surface area contributed by atoms with Gasteiger partial charge in [0.1, 0.15) is 11.5 Å². The molecule has 0 fully saturated rings. The van der Waals surface area contributed by atoms with Crippen molar-refractivity contribution in [3.63, 3.8) is 0 Å². The van der Waals surface area contributed by atoms with Gasteiger partial charge in [0, 0.05) is 11.8 Å². The molecule has 1 amide bonds. The van der Waals surface area contributed by atoms with Gasteiger partial charge in [0.15, 0.2) is 5.82 Å². The van der Waals surface area contributed by atoms with Gasteiger partial charge in [-0.15, -0.1) is 23.4 Å². The predicted molar refractivity (Wildman–Crippen MR) is 91.1 cm³/mol. The van der Waals surface area contributed by atoms with Crippen molar-refractivity contribution in [2.24, 2.45) is 0 Å². The summed E-state index contributed by atoms with van der Waals surface area (Å²) in [6, 6.07) is 5.36. The highest BCUT2D eigenvalue weighted by Crippen LogP contribution is 2.31. The minimum absolute atomic E-state index is 0.163. The summed E-state index contributed by atoms with van der Waals surface area (Å²) in [7, 11) is 3.15. The molecular formula is C15H18N4O3S. The van der Waals surface area contributed by atoms with Gasteiger partial charge in [-0.1, -0.05) is 6.08 Å². The maximum absolute atomic E-state index is 11.7. The van der Waals surface area contributed by atoms with Crippen molar-refractivity contribution in [1.29, 1.82) is 0 Å². The van der Waals surface area contributed by atoms with Crippen LogP contribution >= 0.6 is 11.8 Å². The average molecular weight is 334 g/mol. The van der Waals surface area contributed by atoms with E-state index >= 15 is 0 Å². The minimum Gasteiger partial charge on any atom is -0.497 e. The van der Waals surface area contributed by atoms with Crippen LogP contribution in [0.25, 0.3) is 11.4 Å². The molecule has 0 aliphatic rings. The molecule has 0 bridgehead atoms. The van der Waals surface area contributed by atoms with Gasteiger partial charge in [-0.25, -0.2) is 0 Å². The van der Waals surface area contributed by atoms with Crippen LogP contribution in [0.1, 0.15) is 0 Å². The van der Waals surface area contributed by atoms with E-state index < -0.39 is 0 Å². The molecule has 0 saturated heterocycles. The zero-order chi connectivity index (χ0) is 16.7. The normalized spacial score (nSPS) is 10.2. The Balaban J connectivity index is 2.10. The van der Waals surface area contributed by atoms with E-state index in [9.17, 15) is 4.79 Å². The van der Waals surface area contributed by atoms with Gasteiger partial charge in [-0.3, -0.25) is 15.2 Å². The number of nitrogens with one attached hydrogen (secondary N) is 2. The van der Waals surface area contributed by atoms with Crippen molar-refractivity contribution in [3.05, 3.63) is 30.9 Å². The number of H-pyrrole nitrogens is 1. The van der Waals surface area contributed by atoms with Crippen LogP contribution in [-0.2, 0) is 4.79 Å². The zero-order valence-electron chi connectivity index (χ0n) is 13.0. The van der Waals surface area contributed by atoms with Crippen molar-refractivity contribution < 1.29 is 14.3 Å². The molecule has 0 radical (unpaired) electrons. The van der Waals surface area contributed by atoms with Gasteiger partial charge < -0.3 is 9.47 Å². The lowest BCUT2D eigenvalue weighted by Gasteiger charge is -2.07. The van der Waals surface area contributed by atoms with E-state index in [0.29, 0.717) is 23.1 Å². The van der Waals surface area contributed by atoms with Crippen LogP contribution in [0.5, 0.6) is 11.5 Å². The summed E-state index contributed by atoms with van der Waals surface area (Å²) in [5.74, 6) is 2.87. The largest absolute Gasteiger partial charge is 0.497 e. The number of amides is 1. The number of nitrogens with zero attached hydrogens (tertiary/aromatic N) is 2. The van der Waals surface area contributed by atoms with Crippen LogP contribution in [0.4, 0.5) is 5.95 Å². The topological polar surface area (TPSA) is 89.1 Å². The number of carbonyl (C=O) groups excluding carboxylic acids is 1. The average Bonchev–Trinajstić information content (AvgIpc) is 3.02. The summed E-state index contributed by atoms with van der Waals surface area (Å²) >= 11 is 1.46. The molecule has 0 atom stereocenters. The minimum atomic E-state index is -0.163. The lowest BCUT2D eigenvalue weighted by molar-refractivity contribution is -0.113. The Kier molecular flexibility index (Phi) is 6.04. The zero-order valence-corrected chi connectivity index (χ0v) is 13.8. The number of thioether (sulfide) groups is 1. The van der Waals surface area contributed by atoms with Gasteiger partial charge in [-0.2, -0.15) is 4.98 Å². The number of carbonyl (C=O) groups is 1. The SMILES string of the molecule is C=CCSCC(=O)Nc1n[nH]c(-c2ccc(OC)cc2OC)n1. The number of aromatic nitrogens is 3. The van der Waals surface area contributed by atoms with E-state index in [1.54, 1.807) is 32.4 Å². The van der Waals surface area contributed by atoms with Gasteiger partial charge in [0.2, 0.25) is 11.9 Å². The highest BCUT2D eigenvalue weighted by Gasteiger charge is 2.13. The first-order valence-electron chi connectivity index (χ1n) is 6.81. The third kappa shape index (κ3) is 4.49. The Morgan fingerprint density at radius 3 is 2.96 bits per heavy atom. The van der Waals surface area contributed by atoms with E-state index in [1.165, 1.54) is 11.8 Å². The quantitative estimate of drug-likeness (QED) is 0.569. The third-order valence-corrected chi connectivity index (χ3v) is 3.81. The molecule has 1 aromatic carbocycles. The number of benzene rings is 1. The first-order chi connectivity index (χ1) is 11.2. The number of rotatable bonds is 8. The lowest BCUT2D eigenvalue weighted by atomic mass is 10.2. The Morgan fingerprint density at radius 1 is 1.43 bits per heavy atom. The Labute approximate surface area is 138 Å². The molecule has 0 unspecified atom stereocenters. The lowest BCUT2D eigenvalue weighted by Crippen LogP contribution is -2.15. The third-order valence-electron chi connectivity index (χ3n) is 2.87. The summed E-state index contributed by atoms with van der Waals surface area (Å²) in [6.45, 7) is 3.60. The fraction of sp³-hybridized carbons (Fsp3) is 0.267. The van der Waals surface area contributed by atoms with Crippen molar-refractivity contribution in [2.75, 3.05) is 31.0 Å². The number of anilines is 1. The fourth-order valence-electron chi connectivity index (χ4n) is 1.83. The van der Waals surface area contributed by atoms with E-state index in [4.69, 9.17) is 9.47 Å². The molecule has 0 aliphatic heterocycles. The molecule has 2 rings (SSSR count). The summed E-state index contributed by atoms with van der Waals surface area (Å²) in [6.07, 6.45) is 1.75. The van der Waals surface area contributed by atoms with Gasteiger partial charge in [-0.05, 0) is 12.1 Å². The van der Waals surface area contributed by atoms with Crippen LogP contribution in [0.3, 0.4) is 0 Å². The number of hydrogen-bond donors (Lipinski definition) is 2. The molecule has 1 heterocycles. The highest BCUT2D eigenvalue weighted by atomic mass is 32.2. The molecule has 1 aromatic heterocycles. The fourth-order valence-corrected chi connectivity index (χ4v) is 2.37. The van der Waals surface area contributed by atoms with Crippen LogP contribution in [-0.4, -0.2) is 46.8 Å². The molecule has 2 aromatic rings. The number of aromatic amines is 1. The molecular weight excluding hydrogens is 316 g/mol. The maximum Gasteiger partial charge on any atom is 0.249 e. The summed E-state index contributed by atoms with van der Waals surface area (Å²) in [4.78, 5) is 16.0. The predicted octanol–water partition coefficient (Wildman–Crippen LogP) is 2.35. The van der Waals surface area contributed by atoms with Gasteiger partial charge in [0.05, 0.1) is 25.5 Å². The van der Waals surface area contributed by atoms with Gasteiger partial charge >= 0.3 is 0 Å². The van der Waals surface area contributed by atoms with Crippen molar-refractivity contribution in [3.8, 4) is 22.9 Å². The van der Waals surface area contributed by atoms with Crippen molar-refractivity contribution >= 4 is 23.6 Å². The van der Waals surface area contributed by atoms with E-state index in [2.05, 4.69) is 27.1 Å². The highest BCUT2D eigenvalue weighted by molar-refractivity contribution is 8.00. The summed E-state index contributed by atoms with van der Waals surface area (Å²) in [5.41, 5.74) is 0.724. The second kappa shape index (κ2) is 8.23. The second-order valence-electron chi connectivity index (χ2n) is 4.43. The van der Waals surface area contributed by atoms with E-state index in [1.807, 2.05) is 6.07 Å². The first-order valence-corrected chi connectivity index (χ1v) is 7.96. The standard InChI is InChI=1S/C15H18N4O3S/c1-4-7-23-9-13(20)16-15-17-14(18-19-15)11-6-5-10(21-2)8-12(11)22-3/h4-6,8H,1,7,9H2,2-3H3,(H2,16,17,18,19,20). The van der Waals surface area contributed by atoms with Crippen molar-refractivity contribution in [1.82, 2.24) is 15.2 Å². The van der Waals surface area contributed by atoms with Crippen LogP contribution < -0.4 is 14.8 Å². The van der Waals surface area contributed by atoms with Gasteiger partial charge in [0.25, 0.3) is 0 Å².